The van der Waals surface area contributed by atoms with Gasteiger partial charge in [0.15, 0.2) is 0 Å². The fourth-order valence-corrected chi connectivity index (χ4v) is 2.02. The Kier molecular flexibility index (Phi) is 6.71. The maximum absolute atomic E-state index is 5.91. The van der Waals surface area contributed by atoms with E-state index in [-0.39, 0.29) is 0 Å². The number of benzene rings is 1. The lowest BCUT2D eigenvalue weighted by atomic mass is 10.2. The Morgan fingerprint density at radius 2 is 1.86 bits per heavy atom. The molecule has 112 valence electrons. The quantitative estimate of drug-likeness (QED) is 0.719. The monoisotopic (exact) mass is 286 g/mol. The average Bonchev–Trinajstić information content (AvgIpc) is 2.54. The molecule has 0 aliphatic rings. The van der Waals surface area contributed by atoms with Gasteiger partial charge in [0.25, 0.3) is 0 Å². The van der Waals surface area contributed by atoms with E-state index in [1.807, 2.05) is 42.7 Å². The highest BCUT2D eigenvalue weighted by Crippen LogP contribution is 2.18. The summed E-state index contributed by atoms with van der Waals surface area (Å²) in [7, 11) is 1.71. The lowest BCUT2D eigenvalue weighted by molar-refractivity contribution is 0.199. The molecule has 4 heteroatoms. The van der Waals surface area contributed by atoms with Crippen LogP contribution in [0.3, 0.4) is 0 Å². The van der Waals surface area contributed by atoms with Crippen molar-refractivity contribution in [2.45, 2.75) is 13.0 Å². The number of para-hydroxylation sites is 1. The molecule has 2 rings (SSSR count). The van der Waals surface area contributed by atoms with Crippen LogP contribution >= 0.6 is 0 Å². The molecule has 1 N–H and O–H groups in total. The second-order valence-electron chi connectivity index (χ2n) is 4.73. The van der Waals surface area contributed by atoms with Crippen molar-refractivity contribution in [3.05, 3.63) is 59.9 Å². The first-order valence-corrected chi connectivity index (χ1v) is 7.19. The van der Waals surface area contributed by atoms with Crippen LogP contribution in [0.15, 0.2) is 48.8 Å². The van der Waals surface area contributed by atoms with Crippen LogP contribution in [-0.2, 0) is 17.7 Å². The maximum Gasteiger partial charge on any atom is 0.123 e. The van der Waals surface area contributed by atoms with E-state index < -0.39 is 0 Å². The van der Waals surface area contributed by atoms with Crippen LogP contribution in [0, 0.1) is 0 Å². The molecule has 0 saturated heterocycles. The number of hydrogen-bond donors (Lipinski definition) is 1. The lowest BCUT2D eigenvalue weighted by Crippen LogP contribution is -2.19. The Balaban J connectivity index is 1.82. The van der Waals surface area contributed by atoms with Crippen LogP contribution in [0.4, 0.5) is 0 Å². The van der Waals surface area contributed by atoms with Gasteiger partial charge in [0, 0.05) is 44.6 Å². The molecule has 1 heterocycles. The summed E-state index contributed by atoms with van der Waals surface area (Å²) in [5.41, 5.74) is 2.41. The van der Waals surface area contributed by atoms with Gasteiger partial charge in [-0.1, -0.05) is 18.2 Å². The minimum atomic E-state index is 0.666. The normalized spacial score (nSPS) is 10.5. The molecule has 0 aliphatic carbocycles. The summed E-state index contributed by atoms with van der Waals surface area (Å²) in [5, 5.41) is 3.34. The molecule has 0 fully saturated rings. The first-order chi connectivity index (χ1) is 10.4. The second kappa shape index (κ2) is 9.10. The van der Waals surface area contributed by atoms with Gasteiger partial charge >= 0.3 is 0 Å². The van der Waals surface area contributed by atoms with E-state index in [2.05, 4.69) is 16.4 Å². The van der Waals surface area contributed by atoms with Crippen molar-refractivity contribution in [3.8, 4) is 5.75 Å². The van der Waals surface area contributed by atoms with Gasteiger partial charge < -0.3 is 14.8 Å². The minimum Gasteiger partial charge on any atom is -0.493 e. The highest BCUT2D eigenvalue weighted by atomic mass is 16.5. The van der Waals surface area contributed by atoms with Crippen molar-refractivity contribution in [3.63, 3.8) is 0 Å². The molecule has 1 aromatic heterocycles. The van der Waals surface area contributed by atoms with Crippen LogP contribution < -0.4 is 10.1 Å². The summed E-state index contributed by atoms with van der Waals surface area (Å²) in [6.07, 6.45) is 4.50. The summed E-state index contributed by atoms with van der Waals surface area (Å²) in [6, 6.07) is 12.2. The van der Waals surface area contributed by atoms with E-state index in [9.17, 15) is 0 Å². The van der Waals surface area contributed by atoms with E-state index in [4.69, 9.17) is 9.47 Å². The zero-order chi connectivity index (χ0) is 14.8. The van der Waals surface area contributed by atoms with Gasteiger partial charge in [0.1, 0.15) is 5.75 Å². The number of aromatic nitrogens is 1. The fraction of sp³-hybridized carbons (Fsp3) is 0.353. The Morgan fingerprint density at radius 3 is 2.67 bits per heavy atom. The van der Waals surface area contributed by atoms with Crippen LogP contribution in [-0.4, -0.2) is 31.9 Å². The zero-order valence-electron chi connectivity index (χ0n) is 12.4. The predicted octanol–water partition coefficient (Wildman–Crippen LogP) is 2.44. The molecule has 0 atom stereocenters. The molecule has 0 unspecified atom stereocenters. The predicted molar refractivity (Wildman–Crippen MR) is 83.5 cm³/mol. The molecule has 0 radical (unpaired) electrons. The topological polar surface area (TPSA) is 43.4 Å². The van der Waals surface area contributed by atoms with Crippen molar-refractivity contribution in [1.29, 1.82) is 0 Å². The number of nitrogens with one attached hydrogen (secondary N) is 1. The summed E-state index contributed by atoms with van der Waals surface area (Å²) >= 11 is 0. The molecule has 0 bridgehead atoms. The fourth-order valence-electron chi connectivity index (χ4n) is 2.02. The largest absolute Gasteiger partial charge is 0.493 e. The van der Waals surface area contributed by atoms with Crippen LogP contribution in [0.2, 0.25) is 0 Å². The van der Waals surface area contributed by atoms with E-state index in [1.54, 1.807) is 7.11 Å². The molecular weight excluding hydrogens is 264 g/mol. The second-order valence-corrected chi connectivity index (χ2v) is 4.73. The number of pyridine rings is 1. The van der Waals surface area contributed by atoms with Gasteiger partial charge in [0.2, 0.25) is 0 Å². The van der Waals surface area contributed by atoms with Crippen molar-refractivity contribution in [1.82, 2.24) is 10.3 Å². The third-order valence-electron chi connectivity index (χ3n) is 3.17. The number of hydrogen-bond acceptors (Lipinski definition) is 4. The maximum atomic E-state index is 5.91. The van der Waals surface area contributed by atoms with E-state index in [1.165, 1.54) is 11.1 Å². The molecule has 0 aliphatic heterocycles. The molecule has 0 amide bonds. The summed E-state index contributed by atoms with van der Waals surface area (Å²) in [6.45, 7) is 3.00. The van der Waals surface area contributed by atoms with Gasteiger partial charge in [-0.05, 0) is 23.8 Å². The Hall–Kier alpha value is -1.91. The number of ether oxygens (including phenoxy) is 2. The van der Waals surface area contributed by atoms with Crippen LogP contribution in [0.25, 0.3) is 0 Å². The first kappa shape index (κ1) is 15.5. The van der Waals surface area contributed by atoms with Crippen molar-refractivity contribution < 1.29 is 9.47 Å². The van der Waals surface area contributed by atoms with Gasteiger partial charge in [0.05, 0.1) is 13.2 Å². The van der Waals surface area contributed by atoms with E-state index in [0.717, 1.165) is 25.3 Å². The Labute approximate surface area is 126 Å². The molecule has 4 nitrogen and oxygen atoms in total. The number of nitrogens with zero attached hydrogens (tertiary/aromatic N) is 1. The van der Waals surface area contributed by atoms with Gasteiger partial charge in [-0.2, -0.15) is 0 Å². The average molecular weight is 286 g/mol. The zero-order valence-corrected chi connectivity index (χ0v) is 12.4. The number of rotatable bonds is 9. The Bertz CT molecular complexity index is 517. The Morgan fingerprint density at radius 1 is 1.05 bits per heavy atom. The SMILES string of the molecule is COCCNCc1ccccc1OCCc1ccncc1. The first-order valence-electron chi connectivity index (χ1n) is 7.19. The third-order valence-corrected chi connectivity index (χ3v) is 3.17. The van der Waals surface area contributed by atoms with Gasteiger partial charge in [-0.15, -0.1) is 0 Å². The van der Waals surface area contributed by atoms with Crippen molar-refractivity contribution >= 4 is 0 Å². The van der Waals surface area contributed by atoms with Gasteiger partial charge in [-0.3, -0.25) is 4.98 Å². The highest BCUT2D eigenvalue weighted by Gasteiger charge is 2.02. The van der Waals surface area contributed by atoms with Crippen LogP contribution in [0.5, 0.6) is 5.75 Å². The summed E-state index contributed by atoms with van der Waals surface area (Å²) < 4.78 is 10.9. The van der Waals surface area contributed by atoms with E-state index >= 15 is 0 Å². The van der Waals surface area contributed by atoms with Crippen LogP contribution in [0.1, 0.15) is 11.1 Å². The number of methoxy groups -OCH3 is 1. The molecule has 0 saturated carbocycles. The molecule has 2 aromatic rings. The van der Waals surface area contributed by atoms with Gasteiger partial charge in [-0.25, -0.2) is 0 Å². The standard InChI is InChI=1S/C17H22N2O2/c1-20-13-11-19-14-16-4-2-3-5-17(16)21-12-8-15-6-9-18-10-7-15/h2-7,9-10,19H,8,11-14H2,1H3. The lowest BCUT2D eigenvalue weighted by Gasteiger charge is -2.12. The van der Waals surface area contributed by atoms with Crippen molar-refractivity contribution in [2.75, 3.05) is 26.9 Å². The molecular formula is C17H22N2O2. The third kappa shape index (κ3) is 5.53. The van der Waals surface area contributed by atoms with Crippen molar-refractivity contribution in [2.24, 2.45) is 0 Å². The molecule has 0 spiro atoms. The minimum absolute atomic E-state index is 0.666. The molecule has 1 aromatic carbocycles. The summed E-state index contributed by atoms with van der Waals surface area (Å²) in [4.78, 5) is 4.02. The van der Waals surface area contributed by atoms with E-state index in [0.29, 0.717) is 13.2 Å². The molecule has 21 heavy (non-hydrogen) atoms. The smallest absolute Gasteiger partial charge is 0.123 e. The highest BCUT2D eigenvalue weighted by molar-refractivity contribution is 5.33. The summed E-state index contributed by atoms with van der Waals surface area (Å²) in [5.74, 6) is 0.941.